The van der Waals surface area contributed by atoms with Crippen LogP contribution in [0.4, 0.5) is 5.69 Å². The predicted molar refractivity (Wildman–Crippen MR) is 88.7 cm³/mol. The van der Waals surface area contributed by atoms with Crippen molar-refractivity contribution < 1.29 is 9.36 Å². The molecule has 22 heavy (non-hydrogen) atoms. The highest BCUT2D eigenvalue weighted by atomic mass is 16.1. The Morgan fingerprint density at radius 1 is 1.05 bits per heavy atom. The van der Waals surface area contributed by atoms with Crippen LogP contribution in [0.2, 0.25) is 0 Å². The van der Waals surface area contributed by atoms with E-state index in [-0.39, 0.29) is 5.91 Å². The van der Waals surface area contributed by atoms with Crippen molar-refractivity contribution in [1.82, 2.24) is 0 Å². The molecule has 0 aliphatic rings. The summed E-state index contributed by atoms with van der Waals surface area (Å²) in [6, 6.07) is 16.2. The quantitative estimate of drug-likeness (QED) is 0.737. The van der Waals surface area contributed by atoms with Gasteiger partial charge >= 0.3 is 0 Å². The van der Waals surface area contributed by atoms with Gasteiger partial charge < -0.3 is 5.32 Å². The van der Waals surface area contributed by atoms with Gasteiger partial charge in [-0.2, -0.15) is 4.57 Å². The molecule has 1 amide bonds. The van der Waals surface area contributed by atoms with Crippen molar-refractivity contribution in [1.29, 1.82) is 0 Å². The number of amides is 1. The minimum atomic E-state index is -0.0195. The number of carbonyl (C=O) groups is 1. The van der Waals surface area contributed by atoms with Gasteiger partial charge in [-0.25, -0.2) is 0 Å². The first kappa shape index (κ1) is 14.3. The molecular weight excluding hydrogens is 272 g/mol. The van der Waals surface area contributed by atoms with Gasteiger partial charge in [0.2, 0.25) is 6.54 Å². The van der Waals surface area contributed by atoms with Crippen molar-refractivity contribution in [3.05, 3.63) is 72.1 Å². The molecule has 0 aliphatic carbocycles. The minimum absolute atomic E-state index is 0.0195. The number of aromatic nitrogens is 1. The third kappa shape index (κ3) is 3.14. The first-order chi connectivity index (χ1) is 10.6. The highest BCUT2D eigenvalue weighted by Gasteiger charge is 2.11. The molecule has 3 rings (SSSR count). The number of anilines is 1. The Balaban J connectivity index is 1.76. The van der Waals surface area contributed by atoms with E-state index in [0.717, 1.165) is 22.2 Å². The number of carbonyl (C=O) groups excluding carboxylic acids is 1. The number of aryl methyl sites for hydroxylation is 2. The van der Waals surface area contributed by atoms with Crippen LogP contribution in [0.25, 0.3) is 10.8 Å². The summed E-state index contributed by atoms with van der Waals surface area (Å²) in [6.07, 6.45) is 3.93. The van der Waals surface area contributed by atoms with Crippen LogP contribution in [0.15, 0.2) is 60.9 Å². The Kier molecular flexibility index (Phi) is 3.88. The van der Waals surface area contributed by atoms with E-state index >= 15 is 0 Å². The third-order valence-corrected chi connectivity index (χ3v) is 3.74. The summed E-state index contributed by atoms with van der Waals surface area (Å²) < 4.78 is 1.91. The molecule has 1 heterocycles. The molecule has 0 unspecified atom stereocenters. The molecule has 1 N–H and O–H groups in total. The average molecular weight is 291 g/mol. The van der Waals surface area contributed by atoms with Crippen molar-refractivity contribution in [2.45, 2.75) is 20.4 Å². The fourth-order valence-electron chi connectivity index (χ4n) is 2.50. The number of nitrogens with zero attached hydrogens (tertiary/aromatic N) is 1. The summed E-state index contributed by atoms with van der Waals surface area (Å²) in [4.78, 5) is 12.2. The predicted octanol–water partition coefficient (Wildman–Crippen LogP) is 3.38. The minimum Gasteiger partial charge on any atom is -0.320 e. The second kappa shape index (κ2) is 5.98. The van der Waals surface area contributed by atoms with Crippen LogP contribution in [-0.4, -0.2) is 5.91 Å². The Bertz CT molecular complexity index is 840. The molecule has 0 saturated carbocycles. The lowest BCUT2D eigenvalue weighted by Gasteiger charge is -2.08. The molecule has 3 nitrogen and oxygen atoms in total. The summed E-state index contributed by atoms with van der Waals surface area (Å²) in [7, 11) is 0. The van der Waals surface area contributed by atoms with Crippen LogP contribution in [0, 0.1) is 13.8 Å². The van der Waals surface area contributed by atoms with E-state index in [1.807, 2.05) is 67.2 Å². The molecule has 3 aromatic rings. The topological polar surface area (TPSA) is 33.0 Å². The van der Waals surface area contributed by atoms with Gasteiger partial charge in [0.25, 0.3) is 5.91 Å². The van der Waals surface area contributed by atoms with Crippen molar-refractivity contribution in [3.63, 3.8) is 0 Å². The average Bonchev–Trinajstić information content (AvgIpc) is 2.51. The SMILES string of the molecule is Cc1ccc(C)c(NC(=O)C[n+]2ccc3ccccc3c2)c1. The third-order valence-electron chi connectivity index (χ3n) is 3.74. The van der Waals surface area contributed by atoms with Crippen molar-refractivity contribution in [3.8, 4) is 0 Å². The van der Waals surface area contributed by atoms with Crippen LogP contribution >= 0.6 is 0 Å². The van der Waals surface area contributed by atoms with E-state index in [1.165, 1.54) is 5.39 Å². The maximum Gasteiger partial charge on any atom is 0.290 e. The summed E-state index contributed by atoms with van der Waals surface area (Å²) in [5.41, 5.74) is 3.09. The van der Waals surface area contributed by atoms with Gasteiger partial charge in [-0.15, -0.1) is 0 Å². The summed E-state index contributed by atoms with van der Waals surface area (Å²) >= 11 is 0. The monoisotopic (exact) mass is 291 g/mol. The number of hydrogen-bond donors (Lipinski definition) is 1. The maximum atomic E-state index is 12.2. The molecule has 2 aromatic carbocycles. The van der Waals surface area contributed by atoms with Crippen molar-refractivity contribution in [2.24, 2.45) is 0 Å². The van der Waals surface area contributed by atoms with Gasteiger partial charge in [-0.3, -0.25) is 4.79 Å². The summed E-state index contributed by atoms with van der Waals surface area (Å²) in [5.74, 6) is -0.0195. The molecule has 0 saturated heterocycles. The van der Waals surface area contributed by atoms with Gasteiger partial charge in [-0.1, -0.05) is 30.3 Å². The molecule has 0 fully saturated rings. The Hall–Kier alpha value is -2.68. The molecule has 110 valence electrons. The van der Waals surface area contributed by atoms with Gasteiger partial charge in [0, 0.05) is 17.1 Å². The molecule has 0 radical (unpaired) electrons. The zero-order valence-electron chi connectivity index (χ0n) is 12.8. The molecule has 0 spiro atoms. The van der Waals surface area contributed by atoms with Crippen LogP contribution in [-0.2, 0) is 11.3 Å². The molecule has 0 bridgehead atoms. The molecular formula is C19H19N2O+. The van der Waals surface area contributed by atoms with Gasteiger partial charge in [-0.05, 0) is 42.5 Å². The number of benzene rings is 2. The summed E-state index contributed by atoms with van der Waals surface area (Å²) in [5, 5.41) is 5.29. The van der Waals surface area contributed by atoms with Crippen LogP contribution in [0.3, 0.4) is 0 Å². The Labute approximate surface area is 130 Å². The van der Waals surface area contributed by atoms with Crippen LogP contribution in [0.5, 0.6) is 0 Å². The molecule has 0 aliphatic heterocycles. The number of rotatable bonds is 3. The lowest BCUT2D eigenvalue weighted by Crippen LogP contribution is -2.39. The van der Waals surface area contributed by atoms with E-state index in [1.54, 1.807) is 0 Å². The van der Waals surface area contributed by atoms with E-state index < -0.39 is 0 Å². The number of hydrogen-bond acceptors (Lipinski definition) is 1. The van der Waals surface area contributed by atoms with Gasteiger partial charge in [0.15, 0.2) is 12.4 Å². The number of pyridine rings is 1. The van der Waals surface area contributed by atoms with Crippen LogP contribution in [0.1, 0.15) is 11.1 Å². The highest BCUT2D eigenvalue weighted by molar-refractivity contribution is 5.90. The van der Waals surface area contributed by atoms with Crippen LogP contribution < -0.4 is 9.88 Å². The Morgan fingerprint density at radius 3 is 2.64 bits per heavy atom. The second-order valence-electron chi connectivity index (χ2n) is 5.61. The maximum absolute atomic E-state index is 12.2. The fraction of sp³-hybridized carbons (Fsp3) is 0.158. The lowest BCUT2D eigenvalue weighted by molar-refractivity contribution is -0.682. The van der Waals surface area contributed by atoms with E-state index in [0.29, 0.717) is 6.54 Å². The Morgan fingerprint density at radius 2 is 1.82 bits per heavy atom. The molecule has 1 aromatic heterocycles. The van der Waals surface area contributed by atoms with Crippen molar-refractivity contribution in [2.75, 3.05) is 5.32 Å². The zero-order valence-corrected chi connectivity index (χ0v) is 12.8. The normalized spacial score (nSPS) is 10.6. The van der Waals surface area contributed by atoms with E-state index in [2.05, 4.69) is 17.4 Å². The number of fused-ring (bicyclic) bond motifs is 1. The largest absolute Gasteiger partial charge is 0.320 e. The van der Waals surface area contributed by atoms with Gasteiger partial charge in [0.1, 0.15) is 0 Å². The van der Waals surface area contributed by atoms with Crippen molar-refractivity contribution >= 4 is 22.4 Å². The first-order valence-corrected chi connectivity index (χ1v) is 7.37. The lowest BCUT2D eigenvalue weighted by atomic mass is 10.1. The fourth-order valence-corrected chi connectivity index (χ4v) is 2.50. The standard InChI is InChI=1S/C19H18N2O/c1-14-7-8-15(2)18(11-14)20-19(22)13-21-10-9-16-5-3-4-6-17(16)12-21/h3-12H,13H2,1-2H3/p+1. The zero-order chi connectivity index (χ0) is 15.5. The molecule has 0 atom stereocenters. The first-order valence-electron chi connectivity index (χ1n) is 7.37. The van der Waals surface area contributed by atoms with E-state index in [4.69, 9.17) is 0 Å². The second-order valence-corrected chi connectivity index (χ2v) is 5.61. The van der Waals surface area contributed by atoms with E-state index in [9.17, 15) is 4.79 Å². The highest BCUT2D eigenvalue weighted by Crippen LogP contribution is 2.16. The summed E-state index contributed by atoms with van der Waals surface area (Å²) in [6.45, 7) is 4.32. The molecule has 3 heteroatoms. The van der Waals surface area contributed by atoms with Gasteiger partial charge in [0.05, 0.1) is 0 Å². The smallest absolute Gasteiger partial charge is 0.290 e. The number of nitrogens with one attached hydrogen (secondary N) is 1.